The Morgan fingerprint density at radius 2 is 2.00 bits per heavy atom. The van der Waals surface area contributed by atoms with Crippen LogP contribution in [0.3, 0.4) is 0 Å². The molecule has 0 radical (unpaired) electrons. The quantitative estimate of drug-likeness (QED) is 0.845. The first-order chi connectivity index (χ1) is 10.5. The lowest BCUT2D eigenvalue weighted by molar-refractivity contribution is 0.122. The van der Waals surface area contributed by atoms with Gasteiger partial charge in [-0.3, -0.25) is 0 Å². The summed E-state index contributed by atoms with van der Waals surface area (Å²) >= 11 is 0. The Kier molecular flexibility index (Phi) is 5.91. The molecule has 0 saturated carbocycles. The van der Waals surface area contributed by atoms with Crippen LogP contribution in [-0.2, 0) is 4.74 Å². The van der Waals surface area contributed by atoms with Gasteiger partial charge in [-0.1, -0.05) is 20.8 Å². The van der Waals surface area contributed by atoms with Crippen molar-refractivity contribution >= 4 is 11.4 Å². The van der Waals surface area contributed by atoms with E-state index in [2.05, 4.69) is 43.1 Å². The molecule has 0 atom stereocenters. The van der Waals surface area contributed by atoms with Gasteiger partial charge < -0.3 is 24.8 Å². The van der Waals surface area contributed by atoms with Crippen molar-refractivity contribution in [3.05, 3.63) is 18.2 Å². The van der Waals surface area contributed by atoms with E-state index in [4.69, 9.17) is 14.6 Å². The molecular weight excluding hydrogens is 280 g/mol. The minimum atomic E-state index is 0.0144. The average Bonchev–Trinajstić information content (AvgIpc) is 2.51. The van der Waals surface area contributed by atoms with Gasteiger partial charge in [-0.25, -0.2) is 0 Å². The van der Waals surface area contributed by atoms with Crippen molar-refractivity contribution in [3.63, 3.8) is 0 Å². The van der Waals surface area contributed by atoms with E-state index in [1.165, 1.54) is 0 Å². The van der Waals surface area contributed by atoms with Gasteiger partial charge >= 0.3 is 0 Å². The molecular formula is C17H28N2O3. The van der Waals surface area contributed by atoms with E-state index in [0.29, 0.717) is 6.61 Å². The molecule has 0 aliphatic carbocycles. The number of nitrogens with zero attached hydrogens (tertiary/aromatic N) is 1. The van der Waals surface area contributed by atoms with Gasteiger partial charge in [0.1, 0.15) is 12.4 Å². The number of aliphatic hydroxyl groups is 1. The van der Waals surface area contributed by atoms with E-state index >= 15 is 0 Å². The van der Waals surface area contributed by atoms with Crippen molar-refractivity contribution in [2.75, 3.05) is 56.3 Å². The zero-order valence-corrected chi connectivity index (χ0v) is 13.9. The van der Waals surface area contributed by atoms with Crippen LogP contribution in [0, 0.1) is 5.41 Å². The van der Waals surface area contributed by atoms with Crippen LogP contribution < -0.4 is 15.0 Å². The van der Waals surface area contributed by atoms with Gasteiger partial charge in [-0.05, 0) is 17.5 Å². The monoisotopic (exact) mass is 308 g/mol. The van der Waals surface area contributed by atoms with Gasteiger partial charge in [0.15, 0.2) is 0 Å². The summed E-state index contributed by atoms with van der Waals surface area (Å²) in [6.07, 6.45) is 0. The molecule has 1 aliphatic heterocycles. The van der Waals surface area contributed by atoms with E-state index < -0.39 is 0 Å². The molecule has 124 valence electrons. The molecule has 0 amide bonds. The van der Waals surface area contributed by atoms with Crippen LogP contribution in [0.1, 0.15) is 20.8 Å². The molecule has 0 bridgehead atoms. The van der Waals surface area contributed by atoms with Gasteiger partial charge in [0.2, 0.25) is 0 Å². The Balaban J connectivity index is 2.13. The van der Waals surface area contributed by atoms with Gasteiger partial charge in [0.05, 0.1) is 25.5 Å². The molecule has 1 aromatic carbocycles. The molecule has 1 aliphatic rings. The summed E-state index contributed by atoms with van der Waals surface area (Å²) < 4.78 is 11.1. The third kappa shape index (κ3) is 5.07. The Labute approximate surface area is 133 Å². The van der Waals surface area contributed by atoms with Crippen molar-refractivity contribution < 1.29 is 14.6 Å². The Morgan fingerprint density at radius 1 is 1.27 bits per heavy atom. The number of hydrogen-bond acceptors (Lipinski definition) is 5. The van der Waals surface area contributed by atoms with Gasteiger partial charge in [-0.15, -0.1) is 0 Å². The molecule has 1 aromatic rings. The molecule has 1 fully saturated rings. The van der Waals surface area contributed by atoms with Crippen LogP contribution in [-0.4, -0.2) is 51.2 Å². The fourth-order valence-corrected chi connectivity index (χ4v) is 2.31. The van der Waals surface area contributed by atoms with E-state index in [0.717, 1.165) is 50.0 Å². The molecule has 2 N–H and O–H groups in total. The lowest BCUT2D eigenvalue weighted by Crippen LogP contribution is -2.36. The smallest absolute Gasteiger partial charge is 0.144 e. The first kappa shape index (κ1) is 16.9. The highest BCUT2D eigenvalue weighted by Gasteiger charge is 2.15. The van der Waals surface area contributed by atoms with E-state index in [1.807, 2.05) is 6.07 Å². The zero-order valence-electron chi connectivity index (χ0n) is 13.9. The van der Waals surface area contributed by atoms with Gasteiger partial charge in [0.25, 0.3) is 0 Å². The molecule has 0 unspecified atom stereocenters. The van der Waals surface area contributed by atoms with Gasteiger partial charge in [-0.2, -0.15) is 0 Å². The number of hydrogen-bond donors (Lipinski definition) is 2. The average molecular weight is 308 g/mol. The maximum Gasteiger partial charge on any atom is 0.144 e. The van der Waals surface area contributed by atoms with Crippen molar-refractivity contribution in [2.45, 2.75) is 20.8 Å². The SMILES string of the molecule is CC(C)(C)CNc1ccc(N2CCOCC2)cc1OCCO. The van der Waals surface area contributed by atoms with Crippen LogP contribution in [0.25, 0.3) is 0 Å². The predicted octanol–water partition coefficient (Wildman–Crippen LogP) is 2.35. The number of nitrogens with one attached hydrogen (secondary N) is 1. The number of morpholine rings is 1. The lowest BCUT2D eigenvalue weighted by Gasteiger charge is -2.29. The highest BCUT2D eigenvalue weighted by Crippen LogP contribution is 2.31. The summed E-state index contributed by atoms with van der Waals surface area (Å²) in [7, 11) is 0. The molecule has 0 aromatic heterocycles. The molecule has 1 heterocycles. The maximum atomic E-state index is 9.02. The highest BCUT2D eigenvalue weighted by molar-refractivity contribution is 5.64. The molecule has 2 rings (SSSR count). The van der Waals surface area contributed by atoms with Crippen molar-refractivity contribution in [1.29, 1.82) is 0 Å². The van der Waals surface area contributed by atoms with E-state index in [-0.39, 0.29) is 12.0 Å². The Hall–Kier alpha value is -1.46. The second-order valence-electron chi connectivity index (χ2n) is 6.77. The second-order valence-corrected chi connectivity index (χ2v) is 6.77. The second kappa shape index (κ2) is 7.70. The zero-order chi connectivity index (χ0) is 16.0. The van der Waals surface area contributed by atoms with E-state index in [1.54, 1.807) is 0 Å². The fourth-order valence-electron chi connectivity index (χ4n) is 2.31. The summed E-state index contributed by atoms with van der Waals surface area (Å²) in [6.45, 7) is 11.1. The summed E-state index contributed by atoms with van der Waals surface area (Å²) in [4.78, 5) is 2.29. The van der Waals surface area contributed by atoms with Crippen LogP contribution in [0.5, 0.6) is 5.75 Å². The number of aliphatic hydroxyl groups excluding tert-OH is 1. The molecule has 5 heteroatoms. The fraction of sp³-hybridized carbons (Fsp3) is 0.647. The minimum absolute atomic E-state index is 0.0144. The number of ether oxygens (including phenoxy) is 2. The lowest BCUT2D eigenvalue weighted by atomic mass is 9.97. The minimum Gasteiger partial charge on any atom is -0.489 e. The number of anilines is 2. The normalized spacial score (nSPS) is 15.7. The summed E-state index contributed by atoms with van der Waals surface area (Å²) in [5, 5.41) is 12.5. The summed E-state index contributed by atoms with van der Waals surface area (Å²) in [5.74, 6) is 0.794. The summed E-state index contributed by atoms with van der Waals surface area (Å²) in [6, 6.07) is 6.22. The number of rotatable bonds is 6. The Morgan fingerprint density at radius 3 is 2.64 bits per heavy atom. The molecule has 0 spiro atoms. The van der Waals surface area contributed by atoms with Crippen molar-refractivity contribution in [1.82, 2.24) is 0 Å². The Bertz CT molecular complexity index is 465. The van der Waals surface area contributed by atoms with Crippen molar-refractivity contribution in [3.8, 4) is 5.75 Å². The molecule has 1 saturated heterocycles. The van der Waals surface area contributed by atoms with Crippen molar-refractivity contribution in [2.24, 2.45) is 5.41 Å². The first-order valence-electron chi connectivity index (χ1n) is 7.94. The third-order valence-electron chi connectivity index (χ3n) is 3.50. The summed E-state index contributed by atoms with van der Waals surface area (Å²) in [5.41, 5.74) is 2.30. The highest BCUT2D eigenvalue weighted by atomic mass is 16.5. The molecule has 5 nitrogen and oxygen atoms in total. The predicted molar refractivity (Wildman–Crippen MR) is 90.0 cm³/mol. The van der Waals surface area contributed by atoms with Crippen LogP contribution in [0.4, 0.5) is 11.4 Å². The molecule has 22 heavy (non-hydrogen) atoms. The topological polar surface area (TPSA) is 54.0 Å². The number of benzene rings is 1. The van der Waals surface area contributed by atoms with Gasteiger partial charge in [0, 0.05) is 31.4 Å². The van der Waals surface area contributed by atoms with E-state index in [9.17, 15) is 0 Å². The first-order valence-corrected chi connectivity index (χ1v) is 7.94. The van der Waals surface area contributed by atoms with Crippen LogP contribution in [0.2, 0.25) is 0 Å². The third-order valence-corrected chi connectivity index (χ3v) is 3.50. The maximum absolute atomic E-state index is 9.02. The largest absolute Gasteiger partial charge is 0.489 e. The van der Waals surface area contributed by atoms with Crippen LogP contribution in [0.15, 0.2) is 18.2 Å². The van der Waals surface area contributed by atoms with Crippen LogP contribution >= 0.6 is 0 Å². The standard InChI is InChI=1S/C17H28N2O3/c1-17(2,3)13-18-15-5-4-14(12-16(15)22-11-8-20)19-6-9-21-10-7-19/h4-5,12,18,20H,6-11,13H2,1-3H3.